The van der Waals surface area contributed by atoms with Crippen LogP contribution in [-0.4, -0.2) is 55.2 Å². The standard InChI is InChI=1S/C26H25F2N9O/c1-30-17-7-15(27)21(28)19-20-23(33-22(17)19)34-26(35-25(20)36-9-11-4-13(36)5-16(11)29)38-14-6-18-24(31-8-14)37(10-32-18)12-2-3-12/h6-8,10-13,16,30H,2-5,9,29H2,1H3,(H,33,34,35)/t11?,13-,16-/m1/s1. The molecule has 12 heteroatoms. The van der Waals surface area contributed by atoms with E-state index < -0.39 is 11.6 Å². The number of benzene rings is 1. The van der Waals surface area contributed by atoms with Crippen molar-refractivity contribution < 1.29 is 13.5 Å². The average molecular weight is 518 g/mol. The predicted octanol–water partition coefficient (Wildman–Crippen LogP) is 4.23. The number of H-pyrrole nitrogens is 1. The van der Waals surface area contributed by atoms with Crippen molar-refractivity contribution in [1.82, 2.24) is 29.5 Å². The smallest absolute Gasteiger partial charge is 0.326 e. The maximum Gasteiger partial charge on any atom is 0.326 e. The number of rotatable bonds is 5. The normalized spacial score (nSPS) is 22.8. The molecular weight excluding hydrogens is 492 g/mol. The molecule has 38 heavy (non-hydrogen) atoms. The van der Waals surface area contributed by atoms with Crippen molar-refractivity contribution in [1.29, 1.82) is 0 Å². The summed E-state index contributed by atoms with van der Waals surface area (Å²) in [6.07, 6.45) is 7.47. The van der Waals surface area contributed by atoms with Crippen LogP contribution in [0.5, 0.6) is 11.8 Å². The topological polar surface area (TPSA) is 123 Å². The quantitative estimate of drug-likeness (QED) is 0.317. The third kappa shape index (κ3) is 3.12. The van der Waals surface area contributed by atoms with E-state index in [9.17, 15) is 4.39 Å². The molecule has 3 aliphatic rings. The van der Waals surface area contributed by atoms with Crippen molar-refractivity contribution in [2.75, 3.05) is 23.8 Å². The molecule has 8 rings (SSSR count). The molecule has 0 amide bonds. The Labute approximate surface area is 215 Å². The van der Waals surface area contributed by atoms with Crippen LogP contribution in [0.3, 0.4) is 0 Å². The third-order valence-corrected chi connectivity index (χ3v) is 8.26. The van der Waals surface area contributed by atoms with Crippen molar-refractivity contribution in [2.24, 2.45) is 11.7 Å². The van der Waals surface area contributed by atoms with Gasteiger partial charge in [0.25, 0.3) is 0 Å². The molecule has 5 aromatic rings. The van der Waals surface area contributed by atoms with Gasteiger partial charge in [0.15, 0.2) is 23.0 Å². The van der Waals surface area contributed by atoms with Gasteiger partial charge in [0, 0.05) is 43.9 Å². The summed E-state index contributed by atoms with van der Waals surface area (Å²) in [7, 11) is 1.66. The maximum absolute atomic E-state index is 15.3. The Kier molecular flexibility index (Phi) is 4.47. The molecule has 4 aromatic heterocycles. The van der Waals surface area contributed by atoms with Crippen molar-refractivity contribution in [3.05, 3.63) is 36.3 Å². The van der Waals surface area contributed by atoms with Gasteiger partial charge in [-0.3, -0.25) is 0 Å². The van der Waals surface area contributed by atoms with Gasteiger partial charge in [-0.1, -0.05) is 0 Å². The van der Waals surface area contributed by atoms with Crippen LogP contribution in [0.4, 0.5) is 20.3 Å². The molecule has 10 nitrogen and oxygen atoms in total. The van der Waals surface area contributed by atoms with Gasteiger partial charge in [0.1, 0.15) is 17.0 Å². The van der Waals surface area contributed by atoms with Crippen LogP contribution in [-0.2, 0) is 0 Å². The zero-order chi connectivity index (χ0) is 25.7. The highest BCUT2D eigenvalue weighted by Gasteiger charge is 2.44. The highest BCUT2D eigenvalue weighted by Crippen LogP contribution is 2.45. The first kappa shape index (κ1) is 22.0. The Morgan fingerprint density at radius 3 is 2.71 bits per heavy atom. The van der Waals surface area contributed by atoms with Crippen molar-refractivity contribution in [3.8, 4) is 11.8 Å². The molecule has 2 aliphatic carbocycles. The molecule has 194 valence electrons. The van der Waals surface area contributed by atoms with E-state index in [0.717, 1.165) is 42.9 Å². The number of ether oxygens (including phenoxy) is 1. The first-order valence-corrected chi connectivity index (χ1v) is 12.9. The monoisotopic (exact) mass is 517 g/mol. The first-order valence-electron chi connectivity index (χ1n) is 12.9. The van der Waals surface area contributed by atoms with E-state index in [-0.39, 0.29) is 23.5 Å². The van der Waals surface area contributed by atoms with Crippen LogP contribution in [0.2, 0.25) is 0 Å². The fourth-order valence-corrected chi connectivity index (χ4v) is 6.24. The van der Waals surface area contributed by atoms with E-state index in [4.69, 9.17) is 15.5 Å². The fraction of sp³-hybridized carbons (Fsp3) is 0.385. The molecule has 0 spiro atoms. The molecule has 3 fully saturated rings. The van der Waals surface area contributed by atoms with Gasteiger partial charge in [0.2, 0.25) is 0 Å². The Hall–Kier alpha value is -4.06. The molecule has 3 atom stereocenters. The first-order chi connectivity index (χ1) is 18.5. The molecule has 1 unspecified atom stereocenters. The van der Waals surface area contributed by atoms with E-state index in [0.29, 0.717) is 52.3 Å². The van der Waals surface area contributed by atoms with E-state index >= 15 is 4.39 Å². The number of anilines is 2. The maximum atomic E-state index is 15.3. The Balaban J connectivity index is 1.28. The number of piperidine rings is 1. The third-order valence-electron chi connectivity index (χ3n) is 8.26. The number of aromatic nitrogens is 6. The van der Waals surface area contributed by atoms with E-state index in [1.165, 1.54) is 0 Å². The van der Waals surface area contributed by atoms with Crippen molar-refractivity contribution in [3.63, 3.8) is 0 Å². The second kappa shape index (κ2) is 7.73. The summed E-state index contributed by atoms with van der Waals surface area (Å²) in [5.41, 5.74) is 9.05. The number of nitrogens with zero attached hydrogens (tertiary/aromatic N) is 6. The van der Waals surface area contributed by atoms with Gasteiger partial charge in [0.05, 0.1) is 34.5 Å². The van der Waals surface area contributed by atoms with E-state index in [1.54, 1.807) is 13.2 Å². The molecule has 1 aliphatic heterocycles. The Bertz CT molecular complexity index is 1760. The average Bonchev–Trinajstić information content (AvgIpc) is 3.23. The lowest BCUT2D eigenvalue weighted by Gasteiger charge is -2.31. The van der Waals surface area contributed by atoms with Crippen LogP contribution in [0, 0.1) is 17.6 Å². The molecule has 5 heterocycles. The lowest BCUT2D eigenvalue weighted by Crippen LogP contribution is -2.41. The van der Waals surface area contributed by atoms with Gasteiger partial charge >= 0.3 is 6.01 Å². The summed E-state index contributed by atoms with van der Waals surface area (Å²) in [5, 5.41) is 3.49. The molecule has 1 aromatic carbocycles. The minimum Gasteiger partial charge on any atom is -0.422 e. The SMILES string of the molecule is CNc1cc(F)c(F)c2c1[nH]c1nc(Oc3cnc4c(c3)ncn4C3CC3)nc(N3CC4C[C@@H]3C[C@H]4N)c12. The highest BCUT2D eigenvalue weighted by atomic mass is 19.2. The second-order valence-electron chi connectivity index (χ2n) is 10.6. The van der Waals surface area contributed by atoms with Crippen LogP contribution in [0.15, 0.2) is 24.7 Å². The molecule has 2 saturated carbocycles. The number of hydrogen-bond donors (Lipinski definition) is 3. The summed E-state index contributed by atoms with van der Waals surface area (Å²) in [6.45, 7) is 0.687. The molecule has 4 N–H and O–H groups in total. The number of pyridine rings is 1. The Morgan fingerprint density at radius 1 is 1.11 bits per heavy atom. The Morgan fingerprint density at radius 2 is 1.97 bits per heavy atom. The predicted molar refractivity (Wildman–Crippen MR) is 139 cm³/mol. The van der Waals surface area contributed by atoms with Crippen LogP contribution < -0.4 is 20.7 Å². The van der Waals surface area contributed by atoms with Gasteiger partial charge in [-0.2, -0.15) is 9.97 Å². The summed E-state index contributed by atoms with van der Waals surface area (Å²) in [5.74, 6) is -0.607. The zero-order valence-electron chi connectivity index (χ0n) is 20.6. The van der Waals surface area contributed by atoms with E-state index in [2.05, 4.69) is 34.7 Å². The van der Waals surface area contributed by atoms with Gasteiger partial charge < -0.3 is 30.2 Å². The highest BCUT2D eigenvalue weighted by molar-refractivity contribution is 6.15. The van der Waals surface area contributed by atoms with E-state index in [1.807, 2.05) is 12.4 Å². The number of imidazole rings is 1. The lowest BCUT2D eigenvalue weighted by molar-refractivity contribution is 0.439. The number of halogens is 2. The van der Waals surface area contributed by atoms with Gasteiger partial charge in [-0.15, -0.1) is 0 Å². The van der Waals surface area contributed by atoms with Crippen molar-refractivity contribution >= 4 is 44.6 Å². The zero-order valence-corrected chi connectivity index (χ0v) is 20.6. The number of fused-ring (bicyclic) bond motifs is 6. The van der Waals surface area contributed by atoms with Crippen LogP contribution in [0.25, 0.3) is 33.1 Å². The molecule has 2 bridgehead atoms. The molecule has 0 radical (unpaired) electrons. The minimum atomic E-state index is -0.941. The van der Waals surface area contributed by atoms with Gasteiger partial charge in [-0.05, 0) is 31.6 Å². The number of nitrogens with one attached hydrogen (secondary N) is 2. The largest absolute Gasteiger partial charge is 0.422 e. The van der Waals surface area contributed by atoms with Crippen LogP contribution in [0.1, 0.15) is 31.7 Å². The second-order valence-corrected chi connectivity index (χ2v) is 10.6. The number of aromatic amines is 1. The summed E-state index contributed by atoms with van der Waals surface area (Å²) < 4.78 is 38.1. The molecular formula is C26H25F2N9O. The minimum absolute atomic E-state index is 0.0841. The summed E-state index contributed by atoms with van der Waals surface area (Å²) >= 11 is 0. The van der Waals surface area contributed by atoms with Crippen molar-refractivity contribution in [2.45, 2.75) is 43.8 Å². The number of nitrogens with two attached hydrogens (primary N) is 1. The molecule has 1 saturated heterocycles. The van der Waals surface area contributed by atoms with Crippen LogP contribution >= 0.6 is 0 Å². The summed E-state index contributed by atoms with van der Waals surface area (Å²) in [4.78, 5) is 23.7. The fourth-order valence-electron chi connectivity index (χ4n) is 6.24. The number of hydrogen-bond acceptors (Lipinski definition) is 8. The lowest BCUT2D eigenvalue weighted by atomic mass is 10.0. The summed E-state index contributed by atoms with van der Waals surface area (Å²) in [6, 6.07) is 3.79. The van der Waals surface area contributed by atoms with Gasteiger partial charge in [-0.25, -0.2) is 18.7 Å².